The fourth-order valence-corrected chi connectivity index (χ4v) is 5.93. The number of carbonyl (C=O) groups is 6. The first-order valence-electron chi connectivity index (χ1n) is 18.1. The maximum Gasteiger partial charge on any atom is 0.243 e. The van der Waals surface area contributed by atoms with Crippen molar-refractivity contribution in [3.05, 3.63) is 108 Å². The summed E-state index contributed by atoms with van der Waals surface area (Å²) in [6, 6.07) is 22.1. The molecule has 0 saturated carbocycles. The summed E-state index contributed by atoms with van der Waals surface area (Å²) in [6.45, 7) is 8.98. The van der Waals surface area contributed by atoms with E-state index in [4.69, 9.17) is 5.73 Å². The number of nitrogens with two attached hydrogens (primary N) is 1. The molecule has 0 heterocycles. The molecule has 0 aromatic heterocycles. The second-order valence-electron chi connectivity index (χ2n) is 14.2. The molecule has 53 heavy (non-hydrogen) atoms. The minimum Gasteiger partial charge on any atom is -0.368 e. The molecule has 0 saturated heterocycles. The topological polar surface area (TPSA) is 189 Å². The molecular weight excluding hydrogens is 672 g/mol. The lowest BCUT2D eigenvalue weighted by molar-refractivity contribution is -0.135. The Kier molecular flexibility index (Phi) is 16.7. The molecule has 284 valence electrons. The Morgan fingerprint density at radius 2 is 0.736 bits per heavy atom. The average Bonchev–Trinajstić information content (AvgIpc) is 3.10. The Labute approximate surface area is 312 Å². The first kappa shape index (κ1) is 41.9. The predicted molar refractivity (Wildman–Crippen MR) is 204 cm³/mol. The molecule has 7 N–H and O–H groups in total. The van der Waals surface area contributed by atoms with Crippen LogP contribution in [-0.2, 0) is 48.0 Å². The molecule has 0 spiro atoms. The second kappa shape index (κ2) is 21.1. The van der Waals surface area contributed by atoms with Crippen LogP contribution in [0.5, 0.6) is 0 Å². The van der Waals surface area contributed by atoms with E-state index in [-0.39, 0.29) is 37.0 Å². The van der Waals surface area contributed by atoms with Crippen LogP contribution in [0.3, 0.4) is 0 Å². The highest BCUT2D eigenvalue weighted by molar-refractivity contribution is 5.96. The van der Waals surface area contributed by atoms with Crippen molar-refractivity contribution in [3.8, 4) is 0 Å². The number of primary amides is 1. The average molecular weight is 727 g/mol. The molecule has 0 radical (unpaired) electrons. The van der Waals surface area contributed by atoms with Gasteiger partial charge in [0.15, 0.2) is 0 Å². The fourth-order valence-electron chi connectivity index (χ4n) is 5.93. The highest BCUT2D eigenvalue weighted by Gasteiger charge is 2.33. The van der Waals surface area contributed by atoms with Gasteiger partial charge in [0.25, 0.3) is 0 Å². The van der Waals surface area contributed by atoms with Gasteiger partial charge in [-0.15, -0.1) is 0 Å². The van der Waals surface area contributed by atoms with Gasteiger partial charge in [-0.05, 0) is 41.4 Å². The first-order chi connectivity index (χ1) is 25.2. The smallest absolute Gasteiger partial charge is 0.243 e. The minimum absolute atomic E-state index is 0.0589. The van der Waals surface area contributed by atoms with E-state index in [1.807, 2.05) is 119 Å². The molecule has 6 amide bonds. The lowest BCUT2D eigenvalue weighted by Gasteiger charge is -2.27. The van der Waals surface area contributed by atoms with Crippen molar-refractivity contribution in [1.82, 2.24) is 26.6 Å². The molecule has 3 rings (SSSR count). The van der Waals surface area contributed by atoms with E-state index in [0.29, 0.717) is 12.8 Å². The van der Waals surface area contributed by atoms with Crippen LogP contribution in [0.15, 0.2) is 91.0 Å². The third-order valence-electron chi connectivity index (χ3n) is 8.52. The highest BCUT2D eigenvalue weighted by Crippen LogP contribution is 2.12. The van der Waals surface area contributed by atoms with E-state index in [0.717, 1.165) is 16.7 Å². The van der Waals surface area contributed by atoms with Crippen LogP contribution in [-0.4, -0.2) is 65.7 Å². The number of amides is 6. The lowest BCUT2D eigenvalue weighted by atomic mass is 9.99. The molecule has 3 aromatic rings. The summed E-state index contributed by atoms with van der Waals surface area (Å²) in [5, 5.41) is 13.9. The Morgan fingerprint density at radius 1 is 0.453 bits per heavy atom. The number of hydrogen-bond donors (Lipinski definition) is 6. The van der Waals surface area contributed by atoms with E-state index >= 15 is 0 Å². The summed E-state index contributed by atoms with van der Waals surface area (Å²) < 4.78 is 0. The zero-order valence-corrected chi connectivity index (χ0v) is 31.3. The van der Waals surface area contributed by atoms with Crippen LogP contribution < -0.4 is 32.3 Å². The standard InChI is InChI=1S/C41H54N6O6/c1-26(2)21-32(37(42)49)44-39(51)34(23-29-15-9-6-10-16-29)46-41(53)36(25-31-19-13-8-14-20-31)47-40(52)35(24-30-17-11-7-12-18-30)45-38(50)33(22-27(3)4)43-28(5)48/h6-20,26-27,32-36H,21-25H2,1-5H3,(H2,42,49)(H,43,48)(H,44,51)(H,45,50)(H,46,53)(H,47,52)/t32-,33-,34-,35-,36-/m1/s1. The maximum atomic E-state index is 14.2. The Bertz CT molecular complexity index is 1650. The normalized spacial score (nSPS) is 13.9. The van der Waals surface area contributed by atoms with Gasteiger partial charge in [-0.2, -0.15) is 0 Å². The van der Waals surface area contributed by atoms with Gasteiger partial charge in [0, 0.05) is 26.2 Å². The summed E-state index contributed by atoms with van der Waals surface area (Å²) in [4.78, 5) is 79.9. The summed E-state index contributed by atoms with van der Waals surface area (Å²) in [5.74, 6) is -3.33. The van der Waals surface area contributed by atoms with Gasteiger partial charge in [0.05, 0.1) is 0 Å². The molecule has 12 heteroatoms. The molecule has 5 atom stereocenters. The van der Waals surface area contributed by atoms with E-state index < -0.39 is 59.7 Å². The van der Waals surface area contributed by atoms with Crippen molar-refractivity contribution in [2.75, 3.05) is 0 Å². The maximum absolute atomic E-state index is 14.2. The molecular formula is C41H54N6O6. The molecule has 0 aliphatic rings. The van der Waals surface area contributed by atoms with Crippen molar-refractivity contribution in [3.63, 3.8) is 0 Å². The Balaban J connectivity index is 1.95. The molecule has 0 fully saturated rings. The summed E-state index contributed by atoms with van der Waals surface area (Å²) in [6.07, 6.45) is 0.945. The fraction of sp³-hybridized carbons (Fsp3) is 0.415. The molecule has 0 unspecified atom stereocenters. The Morgan fingerprint density at radius 3 is 1.02 bits per heavy atom. The Hall–Kier alpha value is -5.52. The van der Waals surface area contributed by atoms with Crippen LogP contribution in [0.2, 0.25) is 0 Å². The number of carbonyl (C=O) groups excluding carboxylic acids is 6. The third-order valence-corrected chi connectivity index (χ3v) is 8.52. The highest BCUT2D eigenvalue weighted by atomic mass is 16.2. The van der Waals surface area contributed by atoms with Crippen LogP contribution in [0.1, 0.15) is 64.2 Å². The molecule has 0 bridgehead atoms. The minimum atomic E-state index is -1.17. The number of rotatable bonds is 20. The van der Waals surface area contributed by atoms with Crippen LogP contribution >= 0.6 is 0 Å². The first-order valence-corrected chi connectivity index (χ1v) is 18.1. The van der Waals surface area contributed by atoms with Crippen LogP contribution in [0.4, 0.5) is 0 Å². The number of hydrogen-bond acceptors (Lipinski definition) is 6. The van der Waals surface area contributed by atoms with Crippen LogP contribution in [0, 0.1) is 11.8 Å². The molecule has 0 aliphatic heterocycles. The predicted octanol–water partition coefficient (Wildman–Crippen LogP) is 2.74. The van der Waals surface area contributed by atoms with Crippen LogP contribution in [0.25, 0.3) is 0 Å². The summed E-state index contributed by atoms with van der Waals surface area (Å²) in [7, 11) is 0. The second-order valence-corrected chi connectivity index (χ2v) is 14.2. The van der Waals surface area contributed by atoms with Crippen molar-refractivity contribution in [2.24, 2.45) is 17.6 Å². The summed E-state index contributed by atoms with van der Waals surface area (Å²) in [5.41, 5.74) is 7.89. The SMILES string of the molecule is CC(=O)N[C@H](CC(C)C)C(=O)N[C@H](Cc1ccccc1)C(=O)N[C@H](Cc1ccccc1)C(=O)N[C@H](Cc1ccccc1)C(=O)N[C@H](CC(C)C)C(N)=O. The number of nitrogens with one attached hydrogen (secondary N) is 5. The van der Waals surface area contributed by atoms with Crippen molar-refractivity contribution < 1.29 is 28.8 Å². The molecule has 3 aromatic carbocycles. The molecule has 12 nitrogen and oxygen atoms in total. The third kappa shape index (κ3) is 14.9. The summed E-state index contributed by atoms with van der Waals surface area (Å²) >= 11 is 0. The van der Waals surface area contributed by atoms with Crippen molar-refractivity contribution in [2.45, 2.75) is 96.9 Å². The van der Waals surface area contributed by atoms with Gasteiger partial charge in [-0.1, -0.05) is 119 Å². The van der Waals surface area contributed by atoms with Crippen molar-refractivity contribution >= 4 is 35.4 Å². The van der Waals surface area contributed by atoms with Gasteiger partial charge in [0.2, 0.25) is 35.4 Å². The van der Waals surface area contributed by atoms with E-state index in [2.05, 4.69) is 26.6 Å². The lowest BCUT2D eigenvalue weighted by Crippen LogP contribution is -2.60. The van der Waals surface area contributed by atoms with Gasteiger partial charge in [-0.25, -0.2) is 0 Å². The van der Waals surface area contributed by atoms with Gasteiger partial charge in [-0.3, -0.25) is 28.8 Å². The van der Waals surface area contributed by atoms with Crippen molar-refractivity contribution in [1.29, 1.82) is 0 Å². The monoisotopic (exact) mass is 726 g/mol. The zero-order valence-electron chi connectivity index (χ0n) is 31.3. The molecule has 0 aliphatic carbocycles. The largest absolute Gasteiger partial charge is 0.368 e. The van der Waals surface area contributed by atoms with Gasteiger partial charge >= 0.3 is 0 Å². The quantitative estimate of drug-likeness (QED) is 0.104. The van der Waals surface area contributed by atoms with E-state index in [1.54, 1.807) is 0 Å². The number of benzene rings is 3. The van der Waals surface area contributed by atoms with E-state index in [9.17, 15) is 28.8 Å². The van der Waals surface area contributed by atoms with Gasteiger partial charge in [0.1, 0.15) is 30.2 Å². The van der Waals surface area contributed by atoms with E-state index in [1.165, 1.54) is 6.92 Å². The zero-order chi connectivity index (χ0) is 38.9. The van der Waals surface area contributed by atoms with Gasteiger partial charge < -0.3 is 32.3 Å².